The van der Waals surface area contributed by atoms with E-state index >= 15 is 0 Å². The fourth-order valence-corrected chi connectivity index (χ4v) is 1.90. The number of carbonyl (C=O) groups is 1. The van der Waals surface area contributed by atoms with Crippen molar-refractivity contribution < 1.29 is 19.7 Å². The number of nitrogens with two attached hydrogens (primary N) is 1. The molecule has 102 valence electrons. The van der Waals surface area contributed by atoms with Gasteiger partial charge < -0.3 is 25.7 Å². The predicted molar refractivity (Wildman–Crippen MR) is 66.2 cm³/mol. The summed E-state index contributed by atoms with van der Waals surface area (Å²) in [6.07, 6.45) is -2.21. The summed E-state index contributed by atoms with van der Waals surface area (Å²) < 4.78 is 4.94. The number of H-pyrrole nitrogens is 1. The molecule has 0 amide bonds. The summed E-state index contributed by atoms with van der Waals surface area (Å²) in [5, 5.41) is 19.4. The van der Waals surface area contributed by atoms with E-state index < -0.39 is 18.2 Å². The number of carbonyl (C=O) groups excluding carboxylic acids is 1. The first-order valence-corrected chi connectivity index (χ1v) is 5.86. The van der Waals surface area contributed by atoms with Crippen LogP contribution >= 0.6 is 0 Å². The Bertz CT molecular complexity index is 428. The van der Waals surface area contributed by atoms with Crippen molar-refractivity contribution in [1.29, 1.82) is 0 Å². The van der Waals surface area contributed by atoms with Crippen LogP contribution in [0.3, 0.4) is 0 Å². The molecule has 1 aromatic rings. The lowest BCUT2D eigenvalue weighted by Crippen LogP contribution is -2.27. The van der Waals surface area contributed by atoms with Gasteiger partial charge in [0.1, 0.15) is 6.10 Å². The van der Waals surface area contributed by atoms with Crippen LogP contribution in [0, 0.1) is 13.8 Å². The average Bonchev–Trinajstić information content (AvgIpc) is 2.63. The maximum Gasteiger partial charge on any atom is 0.340 e. The van der Waals surface area contributed by atoms with Crippen LogP contribution < -0.4 is 5.73 Å². The predicted octanol–water partition coefficient (Wildman–Crippen LogP) is 0.161. The zero-order valence-corrected chi connectivity index (χ0v) is 10.9. The number of esters is 1. The van der Waals surface area contributed by atoms with Gasteiger partial charge in [0.2, 0.25) is 0 Å². The first-order chi connectivity index (χ1) is 8.43. The minimum Gasteiger partial charge on any atom is -0.462 e. The quantitative estimate of drug-likeness (QED) is 0.561. The van der Waals surface area contributed by atoms with Crippen LogP contribution in [0.25, 0.3) is 0 Å². The summed E-state index contributed by atoms with van der Waals surface area (Å²) in [4.78, 5) is 14.7. The molecule has 0 saturated carbocycles. The van der Waals surface area contributed by atoms with Gasteiger partial charge in [-0.3, -0.25) is 0 Å². The zero-order valence-electron chi connectivity index (χ0n) is 10.9. The van der Waals surface area contributed by atoms with E-state index in [1.54, 1.807) is 20.8 Å². The molecule has 0 aliphatic rings. The molecule has 1 aromatic heterocycles. The SMILES string of the molecule is CCOC(=O)c1c(C)[nH]c(C(O)C(O)CN)c1C. The molecule has 0 aliphatic heterocycles. The Kier molecular flexibility index (Phi) is 4.89. The summed E-state index contributed by atoms with van der Waals surface area (Å²) in [6, 6.07) is 0. The van der Waals surface area contributed by atoms with Gasteiger partial charge in [0.15, 0.2) is 0 Å². The molecule has 18 heavy (non-hydrogen) atoms. The molecular weight excluding hydrogens is 236 g/mol. The third-order valence-corrected chi connectivity index (χ3v) is 2.86. The molecule has 5 N–H and O–H groups in total. The zero-order chi connectivity index (χ0) is 13.9. The first-order valence-electron chi connectivity index (χ1n) is 5.86. The largest absolute Gasteiger partial charge is 0.462 e. The van der Waals surface area contributed by atoms with Crippen LogP contribution in [0.15, 0.2) is 0 Å². The van der Waals surface area contributed by atoms with E-state index in [2.05, 4.69) is 4.98 Å². The van der Waals surface area contributed by atoms with Crippen molar-refractivity contribution in [3.8, 4) is 0 Å². The number of aromatic amines is 1. The van der Waals surface area contributed by atoms with Crippen molar-refractivity contribution in [3.05, 3.63) is 22.5 Å². The van der Waals surface area contributed by atoms with Crippen molar-refractivity contribution in [3.63, 3.8) is 0 Å². The van der Waals surface area contributed by atoms with Gasteiger partial charge in [0.25, 0.3) is 0 Å². The second-order valence-corrected chi connectivity index (χ2v) is 4.13. The topological polar surface area (TPSA) is 109 Å². The Balaban J connectivity index is 3.11. The Hall–Kier alpha value is -1.37. The minimum atomic E-state index is -1.14. The third kappa shape index (κ3) is 2.72. The van der Waals surface area contributed by atoms with Crippen LogP contribution in [0.4, 0.5) is 0 Å². The van der Waals surface area contributed by atoms with Crippen molar-refractivity contribution in [1.82, 2.24) is 4.98 Å². The summed E-state index contributed by atoms with van der Waals surface area (Å²) >= 11 is 0. The molecule has 0 bridgehead atoms. The van der Waals surface area contributed by atoms with Gasteiger partial charge in [-0.05, 0) is 26.3 Å². The Morgan fingerprint density at radius 2 is 2.06 bits per heavy atom. The fraction of sp³-hybridized carbons (Fsp3) is 0.583. The van der Waals surface area contributed by atoms with Crippen molar-refractivity contribution in [2.75, 3.05) is 13.2 Å². The van der Waals surface area contributed by atoms with Crippen molar-refractivity contribution in [2.45, 2.75) is 33.0 Å². The molecule has 0 aliphatic carbocycles. The molecule has 0 aromatic carbocycles. The maximum atomic E-state index is 11.8. The van der Waals surface area contributed by atoms with Crippen LogP contribution in [-0.4, -0.2) is 40.4 Å². The third-order valence-electron chi connectivity index (χ3n) is 2.86. The van der Waals surface area contributed by atoms with Gasteiger partial charge in [0.05, 0.1) is 24.0 Å². The Labute approximate surface area is 106 Å². The van der Waals surface area contributed by atoms with Crippen molar-refractivity contribution >= 4 is 5.97 Å². The number of rotatable bonds is 5. The highest BCUT2D eigenvalue weighted by molar-refractivity contribution is 5.92. The smallest absolute Gasteiger partial charge is 0.340 e. The van der Waals surface area contributed by atoms with E-state index in [9.17, 15) is 15.0 Å². The number of hydrogen-bond donors (Lipinski definition) is 4. The highest BCUT2D eigenvalue weighted by atomic mass is 16.5. The van der Waals surface area contributed by atoms with E-state index in [1.807, 2.05) is 0 Å². The lowest BCUT2D eigenvalue weighted by atomic mass is 10.0. The molecule has 6 heteroatoms. The molecule has 2 atom stereocenters. The monoisotopic (exact) mass is 256 g/mol. The van der Waals surface area contributed by atoms with Gasteiger partial charge >= 0.3 is 5.97 Å². The highest BCUT2D eigenvalue weighted by Gasteiger charge is 2.26. The molecule has 1 heterocycles. The molecule has 0 saturated heterocycles. The molecule has 6 nitrogen and oxygen atoms in total. The summed E-state index contributed by atoms with van der Waals surface area (Å²) in [6.45, 7) is 5.35. The Morgan fingerprint density at radius 3 is 2.56 bits per heavy atom. The lowest BCUT2D eigenvalue weighted by Gasteiger charge is -2.15. The number of nitrogens with one attached hydrogen (secondary N) is 1. The van der Waals surface area contributed by atoms with Crippen LogP contribution in [-0.2, 0) is 4.74 Å². The average molecular weight is 256 g/mol. The molecule has 2 unspecified atom stereocenters. The number of aromatic nitrogens is 1. The number of ether oxygens (including phenoxy) is 1. The Morgan fingerprint density at radius 1 is 1.44 bits per heavy atom. The van der Waals surface area contributed by atoms with Gasteiger partial charge in [-0.1, -0.05) is 0 Å². The number of aliphatic hydroxyl groups excluding tert-OH is 2. The van der Waals surface area contributed by atoms with E-state index in [1.165, 1.54) is 0 Å². The normalized spacial score (nSPS) is 14.3. The number of hydrogen-bond acceptors (Lipinski definition) is 5. The highest BCUT2D eigenvalue weighted by Crippen LogP contribution is 2.25. The summed E-state index contributed by atoms with van der Waals surface area (Å²) in [5.41, 5.74) is 7.27. The summed E-state index contributed by atoms with van der Waals surface area (Å²) in [7, 11) is 0. The van der Waals surface area contributed by atoms with Gasteiger partial charge in [-0.15, -0.1) is 0 Å². The molecule has 0 fully saturated rings. The van der Waals surface area contributed by atoms with E-state index in [4.69, 9.17) is 10.5 Å². The standard InChI is InChI=1S/C12H20N2O4/c1-4-18-12(17)9-6(2)10(14-7(9)3)11(16)8(15)5-13/h8,11,14-16H,4-5,13H2,1-3H3. The van der Waals surface area contributed by atoms with E-state index in [0.29, 0.717) is 22.5 Å². The summed E-state index contributed by atoms with van der Waals surface area (Å²) in [5.74, 6) is -0.440. The van der Waals surface area contributed by atoms with E-state index in [-0.39, 0.29) is 13.2 Å². The molecule has 0 spiro atoms. The van der Waals surface area contributed by atoms with E-state index in [0.717, 1.165) is 0 Å². The lowest BCUT2D eigenvalue weighted by molar-refractivity contribution is 0.0215. The molecule has 1 rings (SSSR count). The van der Waals surface area contributed by atoms with Crippen LogP contribution in [0.5, 0.6) is 0 Å². The van der Waals surface area contributed by atoms with Gasteiger partial charge in [-0.2, -0.15) is 0 Å². The van der Waals surface area contributed by atoms with Crippen molar-refractivity contribution in [2.24, 2.45) is 5.73 Å². The van der Waals surface area contributed by atoms with Gasteiger partial charge in [0, 0.05) is 12.2 Å². The van der Waals surface area contributed by atoms with Crippen LogP contribution in [0.2, 0.25) is 0 Å². The second kappa shape index (κ2) is 5.99. The maximum absolute atomic E-state index is 11.8. The van der Waals surface area contributed by atoms with Gasteiger partial charge in [-0.25, -0.2) is 4.79 Å². The number of aliphatic hydroxyl groups is 2. The van der Waals surface area contributed by atoms with Crippen LogP contribution in [0.1, 0.15) is 40.3 Å². The first kappa shape index (κ1) is 14.7. The molecule has 0 radical (unpaired) electrons. The molecular formula is C12H20N2O4. The second-order valence-electron chi connectivity index (χ2n) is 4.13. The number of aryl methyl sites for hydroxylation is 1. The minimum absolute atomic E-state index is 0.0621. The fourth-order valence-electron chi connectivity index (χ4n) is 1.90.